The number of ether oxygens (including phenoxy) is 1. The Bertz CT molecular complexity index is 740. The predicted octanol–water partition coefficient (Wildman–Crippen LogP) is 5.31. The molecule has 0 N–H and O–H groups in total. The van der Waals surface area contributed by atoms with Crippen molar-refractivity contribution >= 4 is 33.7 Å². The number of piperidine rings is 1. The Morgan fingerprint density at radius 2 is 1.72 bits per heavy atom. The molecular formula is C21H22BrNO2. The molecule has 0 aromatic heterocycles. The number of rotatable bonds is 4. The molecule has 1 aliphatic rings. The van der Waals surface area contributed by atoms with Gasteiger partial charge in [0.25, 0.3) is 0 Å². The summed E-state index contributed by atoms with van der Waals surface area (Å²) in [6.45, 7) is 4.22. The predicted molar refractivity (Wildman–Crippen MR) is 106 cm³/mol. The van der Waals surface area contributed by atoms with Crippen LogP contribution < -0.4 is 4.90 Å². The summed E-state index contributed by atoms with van der Waals surface area (Å²) in [6, 6.07) is 16.1. The minimum absolute atomic E-state index is 0.257. The van der Waals surface area contributed by atoms with Crippen molar-refractivity contribution in [3.8, 4) is 0 Å². The Hall–Kier alpha value is -2.07. The number of esters is 1. The van der Waals surface area contributed by atoms with Crippen molar-refractivity contribution in [1.29, 1.82) is 0 Å². The molecule has 0 amide bonds. The first-order valence-electron chi connectivity index (χ1n) is 8.63. The van der Waals surface area contributed by atoms with E-state index in [2.05, 4.69) is 51.2 Å². The third-order valence-corrected chi connectivity index (χ3v) is 4.92. The maximum absolute atomic E-state index is 11.7. The Balaban J connectivity index is 1.60. The van der Waals surface area contributed by atoms with Crippen molar-refractivity contribution in [3.63, 3.8) is 0 Å². The second-order valence-electron chi connectivity index (χ2n) is 6.11. The normalized spacial score (nSPS) is 14.3. The number of nitrogens with zero attached hydrogens (tertiary/aromatic N) is 1. The van der Waals surface area contributed by atoms with Crippen LogP contribution in [0, 0.1) is 0 Å². The van der Waals surface area contributed by atoms with Gasteiger partial charge in [-0.2, -0.15) is 0 Å². The summed E-state index contributed by atoms with van der Waals surface area (Å²) in [5.41, 5.74) is 4.52. The Kier molecular flexibility index (Phi) is 5.92. The standard InChI is InChI=1S/C21H22BrNO2/c1-2-25-21(24)18-5-9-20(10-6-18)23-13-11-17(12-14-23)15-16-3-7-19(22)8-4-16/h3-10,15H,2,11-14H2,1H3. The number of hydrogen-bond donors (Lipinski definition) is 0. The molecule has 1 saturated heterocycles. The van der Waals surface area contributed by atoms with Crippen molar-refractivity contribution < 1.29 is 9.53 Å². The van der Waals surface area contributed by atoms with Gasteiger partial charge in [0.2, 0.25) is 0 Å². The van der Waals surface area contributed by atoms with Crippen molar-refractivity contribution in [2.24, 2.45) is 0 Å². The molecule has 0 atom stereocenters. The highest BCUT2D eigenvalue weighted by Crippen LogP contribution is 2.25. The van der Waals surface area contributed by atoms with Gasteiger partial charge in [-0.3, -0.25) is 0 Å². The van der Waals surface area contributed by atoms with Crippen LogP contribution in [0.1, 0.15) is 35.7 Å². The number of carbonyl (C=O) groups excluding carboxylic acids is 1. The number of hydrogen-bond acceptors (Lipinski definition) is 3. The fraction of sp³-hybridized carbons (Fsp3) is 0.286. The van der Waals surface area contributed by atoms with Crippen LogP contribution in [0.2, 0.25) is 0 Å². The number of halogens is 1. The molecule has 1 aliphatic heterocycles. The first kappa shape index (κ1) is 17.7. The highest BCUT2D eigenvalue weighted by molar-refractivity contribution is 9.10. The van der Waals surface area contributed by atoms with E-state index in [1.165, 1.54) is 11.1 Å². The molecular weight excluding hydrogens is 378 g/mol. The zero-order valence-corrected chi connectivity index (χ0v) is 16.0. The van der Waals surface area contributed by atoms with Crippen molar-refractivity contribution in [3.05, 3.63) is 69.7 Å². The second kappa shape index (κ2) is 8.34. The summed E-state index contributed by atoms with van der Waals surface area (Å²) >= 11 is 3.47. The zero-order valence-electron chi connectivity index (χ0n) is 14.4. The van der Waals surface area contributed by atoms with Gasteiger partial charge in [-0.05, 0) is 61.7 Å². The average Bonchev–Trinajstić information content (AvgIpc) is 2.65. The summed E-state index contributed by atoms with van der Waals surface area (Å²) in [6.07, 6.45) is 4.43. The van der Waals surface area contributed by atoms with Crippen LogP contribution in [0.25, 0.3) is 6.08 Å². The van der Waals surface area contributed by atoms with Gasteiger partial charge in [0.05, 0.1) is 12.2 Å². The van der Waals surface area contributed by atoms with Crippen LogP contribution in [0.5, 0.6) is 0 Å². The topological polar surface area (TPSA) is 29.5 Å². The highest BCUT2D eigenvalue weighted by Gasteiger charge is 2.15. The third kappa shape index (κ3) is 4.73. The van der Waals surface area contributed by atoms with Gasteiger partial charge in [-0.1, -0.05) is 39.7 Å². The van der Waals surface area contributed by atoms with Gasteiger partial charge in [-0.15, -0.1) is 0 Å². The lowest BCUT2D eigenvalue weighted by Crippen LogP contribution is -2.30. The largest absolute Gasteiger partial charge is 0.462 e. The number of anilines is 1. The molecule has 25 heavy (non-hydrogen) atoms. The maximum Gasteiger partial charge on any atom is 0.338 e. The first-order chi connectivity index (χ1) is 12.2. The molecule has 2 aromatic carbocycles. The summed E-state index contributed by atoms with van der Waals surface area (Å²) in [5, 5.41) is 0. The van der Waals surface area contributed by atoms with Gasteiger partial charge < -0.3 is 9.64 Å². The Morgan fingerprint density at radius 1 is 1.08 bits per heavy atom. The smallest absolute Gasteiger partial charge is 0.338 e. The third-order valence-electron chi connectivity index (χ3n) is 4.39. The van der Waals surface area contributed by atoms with Crippen LogP contribution in [0.4, 0.5) is 5.69 Å². The minimum atomic E-state index is -0.257. The lowest BCUT2D eigenvalue weighted by atomic mass is 10.0. The summed E-state index contributed by atoms with van der Waals surface area (Å²) < 4.78 is 6.14. The fourth-order valence-electron chi connectivity index (χ4n) is 3.01. The van der Waals surface area contributed by atoms with Crippen LogP contribution in [0.15, 0.2) is 58.6 Å². The van der Waals surface area contributed by atoms with E-state index < -0.39 is 0 Å². The van der Waals surface area contributed by atoms with Gasteiger partial charge in [0.15, 0.2) is 0 Å². The van der Waals surface area contributed by atoms with Crippen molar-refractivity contribution in [2.75, 3.05) is 24.6 Å². The molecule has 0 bridgehead atoms. The van der Waals surface area contributed by atoms with E-state index in [0.717, 1.165) is 36.1 Å². The molecule has 0 unspecified atom stereocenters. The van der Waals surface area contributed by atoms with Gasteiger partial charge in [0.1, 0.15) is 0 Å². The van der Waals surface area contributed by atoms with Gasteiger partial charge >= 0.3 is 5.97 Å². The van der Waals surface area contributed by atoms with E-state index in [-0.39, 0.29) is 5.97 Å². The number of benzene rings is 2. The molecule has 1 fully saturated rings. The van der Waals surface area contributed by atoms with Crippen LogP contribution in [0.3, 0.4) is 0 Å². The Morgan fingerprint density at radius 3 is 2.32 bits per heavy atom. The lowest BCUT2D eigenvalue weighted by Gasteiger charge is -2.30. The van der Waals surface area contributed by atoms with E-state index in [1.54, 1.807) is 0 Å². The molecule has 3 nitrogen and oxygen atoms in total. The van der Waals surface area contributed by atoms with Gasteiger partial charge in [-0.25, -0.2) is 4.79 Å². The molecule has 4 heteroatoms. The molecule has 2 aromatic rings. The fourth-order valence-corrected chi connectivity index (χ4v) is 3.28. The van der Waals surface area contributed by atoms with Crippen LogP contribution in [-0.2, 0) is 4.74 Å². The van der Waals surface area contributed by atoms with E-state index in [9.17, 15) is 4.79 Å². The van der Waals surface area contributed by atoms with Crippen molar-refractivity contribution in [2.45, 2.75) is 19.8 Å². The van der Waals surface area contributed by atoms with Crippen molar-refractivity contribution in [1.82, 2.24) is 0 Å². The molecule has 0 saturated carbocycles. The first-order valence-corrected chi connectivity index (χ1v) is 9.42. The maximum atomic E-state index is 11.7. The molecule has 0 aliphatic carbocycles. The molecule has 3 rings (SSSR count). The van der Waals surface area contributed by atoms with Crippen LogP contribution in [-0.4, -0.2) is 25.7 Å². The summed E-state index contributed by atoms with van der Waals surface area (Å²) in [5.74, 6) is -0.257. The van der Waals surface area contributed by atoms with E-state index in [1.807, 2.05) is 31.2 Å². The second-order valence-corrected chi connectivity index (χ2v) is 7.02. The highest BCUT2D eigenvalue weighted by atomic mass is 79.9. The summed E-state index contributed by atoms with van der Waals surface area (Å²) in [7, 11) is 0. The molecule has 0 spiro atoms. The SMILES string of the molecule is CCOC(=O)c1ccc(N2CCC(=Cc3ccc(Br)cc3)CC2)cc1. The monoisotopic (exact) mass is 399 g/mol. The van der Waals surface area contributed by atoms with E-state index in [4.69, 9.17) is 4.74 Å². The molecule has 1 heterocycles. The average molecular weight is 400 g/mol. The molecule has 130 valence electrons. The summed E-state index contributed by atoms with van der Waals surface area (Å²) in [4.78, 5) is 14.1. The van der Waals surface area contributed by atoms with Crippen LogP contribution >= 0.6 is 15.9 Å². The molecule has 0 radical (unpaired) electrons. The minimum Gasteiger partial charge on any atom is -0.462 e. The van der Waals surface area contributed by atoms with E-state index in [0.29, 0.717) is 12.2 Å². The number of carbonyl (C=O) groups is 1. The lowest BCUT2D eigenvalue weighted by molar-refractivity contribution is 0.0526. The van der Waals surface area contributed by atoms with Gasteiger partial charge in [0, 0.05) is 23.2 Å². The Labute approximate surface area is 157 Å². The zero-order chi connectivity index (χ0) is 17.6. The van der Waals surface area contributed by atoms with E-state index >= 15 is 0 Å². The quantitative estimate of drug-likeness (QED) is 0.652.